The van der Waals surface area contributed by atoms with Crippen molar-refractivity contribution in [3.05, 3.63) is 65.2 Å². The Morgan fingerprint density at radius 3 is 2.33 bits per heavy atom. The molecule has 1 aliphatic heterocycles. The van der Waals surface area contributed by atoms with Crippen molar-refractivity contribution in [3.63, 3.8) is 0 Å². The highest BCUT2D eigenvalue weighted by atomic mass is 79.9. The summed E-state index contributed by atoms with van der Waals surface area (Å²) in [6, 6.07) is 14.9. The summed E-state index contributed by atoms with van der Waals surface area (Å²) in [5.41, 5.74) is 2.73. The van der Waals surface area contributed by atoms with Gasteiger partial charge in [0.25, 0.3) is 0 Å². The van der Waals surface area contributed by atoms with Crippen LogP contribution in [0.1, 0.15) is 21.5 Å². The molecule has 4 heteroatoms. The highest BCUT2D eigenvalue weighted by Gasteiger charge is 2.29. The summed E-state index contributed by atoms with van der Waals surface area (Å²) in [6.07, 6.45) is 0. The van der Waals surface area contributed by atoms with Crippen molar-refractivity contribution in [1.29, 1.82) is 0 Å². The predicted molar refractivity (Wildman–Crippen MR) is 74.5 cm³/mol. The van der Waals surface area contributed by atoms with Crippen LogP contribution in [0.15, 0.2) is 53.4 Å². The number of sulfone groups is 1. The Morgan fingerprint density at radius 1 is 0.944 bits per heavy atom. The van der Waals surface area contributed by atoms with Gasteiger partial charge in [0.2, 0.25) is 0 Å². The van der Waals surface area contributed by atoms with Crippen LogP contribution in [-0.4, -0.2) is 8.42 Å². The Morgan fingerprint density at radius 2 is 1.56 bits per heavy atom. The molecule has 3 rings (SSSR count). The van der Waals surface area contributed by atoms with Crippen LogP contribution in [0.4, 0.5) is 0 Å². The fourth-order valence-corrected chi connectivity index (χ4v) is 4.99. The van der Waals surface area contributed by atoms with E-state index in [0.29, 0.717) is 4.90 Å². The number of halogens is 1. The standard InChI is InChI=1S/C14H11BrO2S/c15-14-11-6-2-1-5-10(11)9-18(16,17)13-8-4-3-7-12(13)14/h1-8,14H,9H2/t14-/m0/s1. The van der Waals surface area contributed by atoms with Crippen LogP contribution in [0.3, 0.4) is 0 Å². The number of rotatable bonds is 0. The average molecular weight is 323 g/mol. The smallest absolute Gasteiger partial charge is 0.182 e. The third-order valence-corrected chi connectivity index (χ3v) is 5.92. The number of alkyl halides is 1. The van der Waals surface area contributed by atoms with Gasteiger partial charge in [0, 0.05) is 0 Å². The van der Waals surface area contributed by atoms with Crippen molar-refractivity contribution < 1.29 is 8.42 Å². The second-order valence-corrected chi connectivity index (χ2v) is 7.23. The minimum atomic E-state index is -3.25. The van der Waals surface area contributed by atoms with Crippen LogP contribution in [0.25, 0.3) is 0 Å². The van der Waals surface area contributed by atoms with Gasteiger partial charge in [0.05, 0.1) is 15.5 Å². The third-order valence-electron chi connectivity index (χ3n) is 3.20. The lowest BCUT2D eigenvalue weighted by Gasteiger charge is -2.12. The Kier molecular flexibility index (Phi) is 2.79. The van der Waals surface area contributed by atoms with E-state index in [-0.39, 0.29) is 10.6 Å². The van der Waals surface area contributed by atoms with Crippen molar-refractivity contribution in [2.45, 2.75) is 15.5 Å². The van der Waals surface area contributed by atoms with E-state index < -0.39 is 9.84 Å². The summed E-state index contributed by atoms with van der Waals surface area (Å²) in [6.45, 7) is 0. The predicted octanol–water partition coefficient (Wildman–Crippen LogP) is 3.46. The lowest BCUT2D eigenvalue weighted by molar-refractivity contribution is 0.595. The van der Waals surface area contributed by atoms with Crippen molar-refractivity contribution in [2.24, 2.45) is 0 Å². The summed E-state index contributed by atoms with van der Waals surface area (Å²) in [5, 5.41) is 0. The van der Waals surface area contributed by atoms with E-state index in [1.807, 2.05) is 36.4 Å². The Balaban J connectivity index is 2.35. The van der Waals surface area contributed by atoms with Gasteiger partial charge in [-0.05, 0) is 22.8 Å². The molecule has 0 saturated carbocycles. The molecule has 0 aromatic heterocycles. The van der Waals surface area contributed by atoms with Gasteiger partial charge in [0.1, 0.15) is 0 Å². The molecule has 0 fully saturated rings. The SMILES string of the molecule is O=S1(=O)Cc2ccccc2[C@H](Br)c2ccccc21. The third kappa shape index (κ3) is 1.80. The van der Waals surface area contributed by atoms with Crippen LogP contribution in [0.5, 0.6) is 0 Å². The Labute approximate surface area is 115 Å². The first-order valence-corrected chi connectivity index (χ1v) is 8.20. The lowest BCUT2D eigenvalue weighted by atomic mass is 10.0. The molecule has 2 aromatic rings. The maximum atomic E-state index is 12.4. The van der Waals surface area contributed by atoms with Gasteiger partial charge < -0.3 is 0 Å². The summed E-state index contributed by atoms with van der Waals surface area (Å²) < 4.78 is 24.8. The van der Waals surface area contributed by atoms with Crippen LogP contribution in [0, 0.1) is 0 Å². The number of fused-ring (bicyclic) bond motifs is 2. The molecule has 92 valence electrons. The first-order valence-electron chi connectivity index (χ1n) is 5.63. The molecule has 1 atom stereocenters. The van der Waals surface area contributed by atoms with Gasteiger partial charge in [-0.15, -0.1) is 0 Å². The Bertz CT molecular complexity index is 707. The van der Waals surface area contributed by atoms with Gasteiger partial charge in [-0.25, -0.2) is 8.42 Å². The van der Waals surface area contributed by atoms with E-state index >= 15 is 0 Å². The van der Waals surface area contributed by atoms with Crippen molar-refractivity contribution >= 4 is 25.8 Å². The zero-order valence-corrected chi connectivity index (χ0v) is 11.9. The molecule has 0 aliphatic carbocycles. The average Bonchev–Trinajstić information content (AvgIpc) is 2.45. The van der Waals surface area contributed by atoms with Crippen molar-refractivity contribution in [2.75, 3.05) is 0 Å². The van der Waals surface area contributed by atoms with Gasteiger partial charge in [0.15, 0.2) is 9.84 Å². The highest BCUT2D eigenvalue weighted by Crippen LogP contribution is 2.40. The van der Waals surface area contributed by atoms with E-state index in [4.69, 9.17) is 0 Å². The molecule has 18 heavy (non-hydrogen) atoms. The molecule has 1 aliphatic rings. The zero-order chi connectivity index (χ0) is 12.8. The van der Waals surface area contributed by atoms with E-state index in [1.54, 1.807) is 12.1 Å². The van der Waals surface area contributed by atoms with E-state index in [9.17, 15) is 8.42 Å². The molecule has 0 spiro atoms. The van der Waals surface area contributed by atoms with Gasteiger partial charge >= 0.3 is 0 Å². The van der Waals surface area contributed by atoms with Gasteiger partial charge in [-0.3, -0.25) is 0 Å². The molecule has 0 N–H and O–H groups in total. The monoisotopic (exact) mass is 322 g/mol. The summed E-state index contributed by atoms with van der Waals surface area (Å²) in [5.74, 6) is 0.0717. The second-order valence-electron chi connectivity index (χ2n) is 4.36. The molecular formula is C14H11BrO2S. The first kappa shape index (κ1) is 11.9. The number of hydrogen-bond donors (Lipinski definition) is 0. The molecule has 0 bridgehead atoms. The summed E-state index contributed by atoms with van der Waals surface area (Å²) in [4.78, 5) is 0.366. The molecular weight excluding hydrogens is 312 g/mol. The number of benzene rings is 2. The minimum absolute atomic E-state index is 0.0674. The second kappa shape index (κ2) is 4.21. The summed E-state index contributed by atoms with van der Waals surface area (Å²) >= 11 is 3.62. The molecule has 1 heterocycles. The van der Waals surface area contributed by atoms with Gasteiger partial charge in [-0.1, -0.05) is 58.4 Å². The fourth-order valence-electron chi connectivity index (χ4n) is 2.34. The van der Waals surface area contributed by atoms with Crippen LogP contribution < -0.4 is 0 Å². The summed E-state index contributed by atoms with van der Waals surface area (Å²) in [7, 11) is -3.25. The fraction of sp³-hybridized carbons (Fsp3) is 0.143. The van der Waals surface area contributed by atoms with E-state index in [1.165, 1.54) is 0 Å². The molecule has 0 unspecified atom stereocenters. The molecule has 0 radical (unpaired) electrons. The maximum Gasteiger partial charge on any atom is 0.182 e. The Hall–Kier alpha value is -1.13. The molecule has 2 aromatic carbocycles. The van der Waals surface area contributed by atoms with E-state index in [0.717, 1.165) is 16.7 Å². The minimum Gasteiger partial charge on any atom is -0.223 e. The van der Waals surface area contributed by atoms with Crippen molar-refractivity contribution in [1.82, 2.24) is 0 Å². The zero-order valence-electron chi connectivity index (χ0n) is 9.51. The molecule has 0 saturated heterocycles. The van der Waals surface area contributed by atoms with E-state index in [2.05, 4.69) is 15.9 Å². The highest BCUT2D eigenvalue weighted by molar-refractivity contribution is 9.09. The van der Waals surface area contributed by atoms with Crippen molar-refractivity contribution in [3.8, 4) is 0 Å². The topological polar surface area (TPSA) is 34.1 Å². The van der Waals surface area contributed by atoms with Crippen LogP contribution in [-0.2, 0) is 15.6 Å². The number of hydrogen-bond acceptors (Lipinski definition) is 2. The largest absolute Gasteiger partial charge is 0.223 e. The quantitative estimate of drug-likeness (QED) is 0.696. The van der Waals surface area contributed by atoms with Gasteiger partial charge in [-0.2, -0.15) is 0 Å². The molecule has 0 amide bonds. The molecule has 2 nitrogen and oxygen atoms in total. The van der Waals surface area contributed by atoms with Crippen LogP contribution in [0.2, 0.25) is 0 Å². The van der Waals surface area contributed by atoms with Crippen LogP contribution >= 0.6 is 15.9 Å². The normalized spacial score (nSPS) is 20.6. The lowest BCUT2D eigenvalue weighted by Crippen LogP contribution is -2.04. The first-order chi connectivity index (χ1) is 8.59. The maximum absolute atomic E-state index is 12.4.